The molecular formula is C76H132O6. The van der Waals surface area contributed by atoms with E-state index >= 15 is 0 Å². The van der Waals surface area contributed by atoms with Gasteiger partial charge in [-0.2, -0.15) is 0 Å². The molecule has 0 heterocycles. The molecule has 0 saturated carbocycles. The first-order valence-electron chi connectivity index (χ1n) is 35.2. The fourth-order valence-corrected chi connectivity index (χ4v) is 10.1. The monoisotopic (exact) mass is 1140 g/mol. The Hall–Kier alpha value is -3.67. The van der Waals surface area contributed by atoms with Crippen LogP contribution in [0.4, 0.5) is 0 Å². The van der Waals surface area contributed by atoms with Gasteiger partial charge < -0.3 is 14.2 Å². The van der Waals surface area contributed by atoms with Crippen LogP contribution in [0.25, 0.3) is 0 Å². The number of rotatable bonds is 64. The maximum atomic E-state index is 12.9. The van der Waals surface area contributed by atoms with E-state index in [1.807, 2.05) is 0 Å². The van der Waals surface area contributed by atoms with Gasteiger partial charge in [0, 0.05) is 19.3 Å². The largest absolute Gasteiger partial charge is 0.462 e. The van der Waals surface area contributed by atoms with Crippen molar-refractivity contribution in [2.45, 2.75) is 354 Å². The summed E-state index contributed by atoms with van der Waals surface area (Å²) in [6, 6.07) is 0. The number of carbonyl (C=O) groups excluding carboxylic acids is 3. The van der Waals surface area contributed by atoms with E-state index in [2.05, 4.69) is 118 Å². The Balaban J connectivity index is 4.15. The van der Waals surface area contributed by atoms with E-state index in [4.69, 9.17) is 14.2 Å². The summed E-state index contributed by atoms with van der Waals surface area (Å²) in [5.74, 6) is -0.873. The van der Waals surface area contributed by atoms with Crippen LogP contribution < -0.4 is 0 Å². The highest BCUT2D eigenvalue weighted by molar-refractivity contribution is 5.71. The molecular weight excluding hydrogens is 1010 g/mol. The lowest BCUT2D eigenvalue weighted by molar-refractivity contribution is -0.167. The van der Waals surface area contributed by atoms with E-state index in [0.29, 0.717) is 19.3 Å². The molecule has 0 aromatic carbocycles. The van der Waals surface area contributed by atoms with Gasteiger partial charge >= 0.3 is 17.9 Å². The van der Waals surface area contributed by atoms with Crippen molar-refractivity contribution < 1.29 is 28.6 Å². The van der Waals surface area contributed by atoms with Crippen LogP contribution in [0.2, 0.25) is 0 Å². The third-order valence-corrected chi connectivity index (χ3v) is 15.3. The van der Waals surface area contributed by atoms with Gasteiger partial charge in [0.1, 0.15) is 13.2 Å². The molecule has 0 bridgehead atoms. The van der Waals surface area contributed by atoms with Crippen molar-refractivity contribution in [2.75, 3.05) is 13.2 Å². The maximum absolute atomic E-state index is 12.9. The Kier molecular flexibility index (Phi) is 66.7. The molecule has 0 aliphatic heterocycles. The Labute approximate surface area is 508 Å². The second kappa shape index (κ2) is 69.8. The first-order valence-corrected chi connectivity index (χ1v) is 35.2. The first-order chi connectivity index (χ1) is 40.5. The van der Waals surface area contributed by atoms with Crippen LogP contribution >= 0.6 is 0 Å². The molecule has 0 saturated heterocycles. The lowest BCUT2D eigenvalue weighted by Crippen LogP contribution is -2.30. The SMILES string of the molecule is CC/C=C\C/C=C\C/C=C\C/C=C\C/C=C\C/C=C\CCCCCCCCCCCCCCCCCCC(=O)OCC(COC(=O)CCCCCCC/C=C\C/C=C\CCCC)OC(=O)CCCCCCCCCCCCCCCCC. The van der Waals surface area contributed by atoms with Crippen LogP contribution in [0.15, 0.2) is 97.2 Å². The van der Waals surface area contributed by atoms with E-state index in [9.17, 15) is 14.4 Å². The predicted octanol–water partition coefficient (Wildman–Crippen LogP) is 24.4. The lowest BCUT2D eigenvalue weighted by Gasteiger charge is -2.18. The molecule has 0 aliphatic carbocycles. The molecule has 82 heavy (non-hydrogen) atoms. The molecule has 0 rings (SSSR count). The van der Waals surface area contributed by atoms with Gasteiger partial charge in [0.15, 0.2) is 6.10 Å². The molecule has 0 aromatic heterocycles. The smallest absolute Gasteiger partial charge is 0.306 e. The van der Waals surface area contributed by atoms with Crippen molar-refractivity contribution in [1.29, 1.82) is 0 Å². The van der Waals surface area contributed by atoms with Crippen LogP contribution in [0.5, 0.6) is 0 Å². The van der Waals surface area contributed by atoms with E-state index in [-0.39, 0.29) is 31.1 Å². The van der Waals surface area contributed by atoms with E-state index in [0.717, 1.165) is 116 Å². The summed E-state index contributed by atoms with van der Waals surface area (Å²) in [6.07, 6.45) is 94.4. The van der Waals surface area contributed by atoms with Crippen LogP contribution in [0.3, 0.4) is 0 Å². The zero-order valence-corrected chi connectivity index (χ0v) is 54.2. The predicted molar refractivity (Wildman–Crippen MR) is 357 cm³/mol. The number of hydrogen-bond acceptors (Lipinski definition) is 6. The highest BCUT2D eigenvalue weighted by Crippen LogP contribution is 2.18. The van der Waals surface area contributed by atoms with Crippen molar-refractivity contribution in [1.82, 2.24) is 0 Å². The van der Waals surface area contributed by atoms with Gasteiger partial charge in [-0.15, -0.1) is 0 Å². The van der Waals surface area contributed by atoms with Crippen LogP contribution in [-0.2, 0) is 28.6 Å². The van der Waals surface area contributed by atoms with Crippen LogP contribution in [0, 0.1) is 0 Å². The summed E-state index contributed by atoms with van der Waals surface area (Å²) in [4.78, 5) is 38.4. The highest BCUT2D eigenvalue weighted by Gasteiger charge is 2.19. The van der Waals surface area contributed by atoms with Crippen LogP contribution in [-0.4, -0.2) is 37.2 Å². The normalized spacial score (nSPS) is 12.7. The minimum absolute atomic E-state index is 0.0768. The van der Waals surface area contributed by atoms with Gasteiger partial charge in [-0.05, 0) is 96.3 Å². The van der Waals surface area contributed by atoms with Crippen molar-refractivity contribution in [2.24, 2.45) is 0 Å². The van der Waals surface area contributed by atoms with Crippen molar-refractivity contribution in [3.05, 3.63) is 97.2 Å². The topological polar surface area (TPSA) is 78.9 Å². The number of esters is 3. The Morgan fingerprint density at radius 2 is 0.488 bits per heavy atom. The molecule has 6 heteroatoms. The molecule has 0 N–H and O–H groups in total. The Morgan fingerprint density at radius 1 is 0.256 bits per heavy atom. The molecule has 0 amide bonds. The first kappa shape index (κ1) is 78.3. The van der Waals surface area contributed by atoms with Gasteiger partial charge in [-0.1, -0.05) is 330 Å². The highest BCUT2D eigenvalue weighted by atomic mass is 16.6. The fraction of sp³-hybridized carbons (Fsp3) is 0.750. The van der Waals surface area contributed by atoms with E-state index in [1.54, 1.807) is 0 Å². The average molecular weight is 1140 g/mol. The van der Waals surface area contributed by atoms with Gasteiger partial charge in [0.05, 0.1) is 0 Å². The maximum Gasteiger partial charge on any atom is 0.306 e. The number of hydrogen-bond donors (Lipinski definition) is 0. The standard InChI is InChI=1S/C76H132O6/c1-4-7-10-13-16-19-22-25-28-29-30-31-32-33-34-35-36-37-38-39-40-41-42-43-44-45-46-47-49-51-54-57-60-63-66-69-75(78)81-72-73(71-80-74(77)68-65-62-59-56-53-50-27-24-21-18-15-12-9-6-3)82-76(79)70-67-64-61-58-55-52-48-26-23-20-17-14-11-8-5-2/h7,10,15-16,18-19,24-25,27-28,30-31,33-34,36-37,73H,4-6,8-9,11-14,17,20-23,26,29,32,35,38-72H2,1-3H3/b10-7-,18-15-,19-16-,27-24-,28-25-,31-30-,34-33-,37-36-. The molecule has 0 radical (unpaired) electrons. The molecule has 1 atom stereocenters. The number of allylic oxidation sites excluding steroid dienone is 16. The Bertz CT molecular complexity index is 1590. The van der Waals surface area contributed by atoms with Gasteiger partial charge in [-0.3, -0.25) is 14.4 Å². The Morgan fingerprint density at radius 3 is 0.780 bits per heavy atom. The number of unbranched alkanes of at least 4 members (excludes halogenated alkanes) is 37. The lowest BCUT2D eigenvalue weighted by atomic mass is 10.0. The fourth-order valence-electron chi connectivity index (χ4n) is 10.1. The zero-order valence-electron chi connectivity index (χ0n) is 54.2. The summed E-state index contributed by atoms with van der Waals surface area (Å²) in [5.41, 5.74) is 0. The second-order valence-electron chi connectivity index (χ2n) is 23.4. The molecule has 1 unspecified atom stereocenters. The molecule has 0 fully saturated rings. The third kappa shape index (κ3) is 67.1. The summed E-state index contributed by atoms with van der Waals surface area (Å²) in [7, 11) is 0. The molecule has 6 nitrogen and oxygen atoms in total. The zero-order chi connectivity index (χ0) is 59.2. The number of carbonyl (C=O) groups is 3. The van der Waals surface area contributed by atoms with Crippen LogP contribution in [0.1, 0.15) is 348 Å². The van der Waals surface area contributed by atoms with Gasteiger partial charge in [-0.25, -0.2) is 0 Å². The molecule has 0 spiro atoms. The number of ether oxygens (including phenoxy) is 3. The van der Waals surface area contributed by atoms with Gasteiger partial charge in [0.25, 0.3) is 0 Å². The summed E-state index contributed by atoms with van der Waals surface area (Å²) in [5, 5.41) is 0. The van der Waals surface area contributed by atoms with Crippen molar-refractivity contribution in [3.63, 3.8) is 0 Å². The summed E-state index contributed by atoms with van der Waals surface area (Å²) < 4.78 is 16.9. The summed E-state index contributed by atoms with van der Waals surface area (Å²) in [6.45, 7) is 6.51. The second-order valence-corrected chi connectivity index (χ2v) is 23.4. The minimum Gasteiger partial charge on any atom is -0.462 e. The minimum atomic E-state index is -0.780. The van der Waals surface area contributed by atoms with Crippen molar-refractivity contribution in [3.8, 4) is 0 Å². The molecule has 0 aliphatic rings. The summed E-state index contributed by atoms with van der Waals surface area (Å²) >= 11 is 0. The third-order valence-electron chi connectivity index (χ3n) is 15.3. The molecule has 0 aromatic rings. The molecule has 472 valence electrons. The van der Waals surface area contributed by atoms with Gasteiger partial charge in [0.2, 0.25) is 0 Å². The quantitative estimate of drug-likeness (QED) is 0.0261. The van der Waals surface area contributed by atoms with Crippen molar-refractivity contribution >= 4 is 17.9 Å². The van der Waals surface area contributed by atoms with E-state index in [1.165, 1.54) is 193 Å². The average Bonchev–Trinajstić information content (AvgIpc) is 3.48. The van der Waals surface area contributed by atoms with E-state index < -0.39 is 6.10 Å².